The molecule has 1 rings (SSSR count). The van der Waals surface area contributed by atoms with Crippen molar-refractivity contribution < 1.29 is 4.70 Å². The van der Waals surface area contributed by atoms with Crippen LogP contribution in [0.5, 0.6) is 0 Å². The van der Waals surface area contributed by atoms with Gasteiger partial charge >= 0.3 is 19.5 Å². The van der Waals surface area contributed by atoms with Crippen LogP contribution in [0.15, 0.2) is 0 Å². The maximum atomic E-state index is 8.58. The van der Waals surface area contributed by atoms with E-state index in [1.807, 2.05) is 0 Å². The van der Waals surface area contributed by atoms with E-state index < -0.39 is 7.26 Å². The molecular formula is C8H15B2NOP+. The summed E-state index contributed by atoms with van der Waals surface area (Å²) in [6.45, 7) is 2.43. The van der Waals surface area contributed by atoms with E-state index in [9.17, 15) is 0 Å². The van der Waals surface area contributed by atoms with E-state index in [0.717, 1.165) is 6.42 Å². The van der Waals surface area contributed by atoms with Crippen molar-refractivity contribution >= 4 is 22.0 Å². The average Bonchev–Trinajstić information content (AvgIpc) is 2.51. The van der Waals surface area contributed by atoms with Crippen LogP contribution in [-0.2, 0) is 4.70 Å². The van der Waals surface area contributed by atoms with Gasteiger partial charge in [-0.2, -0.15) is 5.26 Å². The number of rotatable bonds is 2. The predicted molar refractivity (Wildman–Crippen MR) is 59.1 cm³/mol. The fraction of sp³-hybridized carbons (Fsp3) is 0.875. The van der Waals surface area contributed by atoms with Crippen LogP contribution < -0.4 is 0 Å². The number of nitriles is 1. The maximum absolute atomic E-state index is 8.58. The third kappa shape index (κ3) is 5.99. The Kier molecular flexibility index (Phi) is 7.19. The topological polar surface area (TPSA) is 40.9 Å². The second kappa shape index (κ2) is 7.27. The van der Waals surface area contributed by atoms with Crippen LogP contribution in [0.4, 0.5) is 0 Å². The summed E-state index contributed by atoms with van der Waals surface area (Å²) in [7, 11) is 3.86. The van der Waals surface area contributed by atoms with Crippen molar-refractivity contribution in [1.29, 1.82) is 5.26 Å². The third-order valence-corrected chi connectivity index (χ3v) is 6.50. The minimum absolute atomic E-state index is 0.250. The van der Waals surface area contributed by atoms with Crippen LogP contribution in [0.1, 0.15) is 19.3 Å². The molecule has 0 saturated carbocycles. The van der Waals surface area contributed by atoms with Crippen LogP contribution in [0.2, 0.25) is 0 Å². The first-order chi connectivity index (χ1) is 6.18. The van der Waals surface area contributed by atoms with Crippen LogP contribution in [0, 0.1) is 11.3 Å². The van der Waals surface area contributed by atoms with E-state index in [2.05, 4.69) is 20.5 Å². The molecule has 0 amide bonds. The van der Waals surface area contributed by atoms with E-state index in [0.29, 0.717) is 0 Å². The molecule has 1 aliphatic rings. The summed E-state index contributed by atoms with van der Waals surface area (Å²) in [6.07, 6.45) is 7.78. The summed E-state index contributed by atoms with van der Waals surface area (Å²) in [4.78, 5) is 0. The molecule has 0 aliphatic carbocycles. The fourth-order valence-electron chi connectivity index (χ4n) is 1.64. The molecule has 1 aliphatic heterocycles. The zero-order chi connectivity index (χ0) is 10.2. The van der Waals surface area contributed by atoms with Gasteiger partial charge < -0.3 is 0 Å². The average molecular weight is 194 g/mol. The Labute approximate surface area is 83.1 Å². The summed E-state index contributed by atoms with van der Waals surface area (Å²) in [6, 6.07) is 2.25. The molecule has 0 atom stereocenters. The van der Waals surface area contributed by atoms with Crippen molar-refractivity contribution in [3.05, 3.63) is 0 Å². The van der Waals surface area contributed by atoms with Gasteiger partial charge in [0.25, 0.3) is 0 Å². The summed E-state index contributed by atoms with van der Waals surface area (Å²) >= 11 is 0. The first-order valence-corrected chi connectivity index (χ1v) is 7.33. The summed E-state index contributed by atoms with van der Waals surface area (Å²) in [5, 5.41) is 8.41. The van der Waals surface area contributed by atoms with Crippen LogP contribution in [-0.4, -0.2) is 39.9 Å². The molecule has 13 heavy (non-hydrogen) atoms. The Morgan fingerprint density at radius 1 is 1.54 bits per heavy atom. The van der Waals surface area contributed by atoms with Crippen molar-refractivity contribution in [3.8, 4) is 6.07 Å². The van der Waals surface area contributed by atoms with Crippen molar-refractivity contribution in [3.63, 3.8) is 0 Å². The molecule has 0 unspecified atom stereocenters. The van der Waals surface area contributed by atoms with Crippen LogP contribution in [0.25, 0.3) is 0 Å². The molecule has 0 aromatic carbocycles. The Balaban J connectivity index is 0.000000424. The van der Waals surface area contributed by atoms with E-state index >= 15 is 0 Å². The molecule has 2 nitrogen and oxygen atoms in total. The standard InChI is InChI=1S/C8H15NP.B2O/c1-10(8-4-5-9)6-2-3-7-10;1-2-3/h2-4,6-8H2,1H3;/q+1;. The van der Waals surface area contributed by atoms with Crippen LogP contribution in [0.3, 0.4) is 0 Å². The Morgan fingerprint density at radius 2 is 2.00 bits per heavy atom. The number of hydrogen-bond acceptors (Lipinski definition) is 2. The second-order valence-corrected chi connectivity index (χ2v) is 8.12. The fourth-order valence-corrected chi connectivity index (χ4v) is 4.93. The van der Waals surface area contributed by atoms with Crippen LogP contribution >= 0.6 is 7.26 Å². The van der Waals surface area contributed by atoms with Crippen molar-refractivity contribution in [2.24, 2.45) is 0 Å². The quantitative estimate of drug-likeness (QED) is 0.492. The first-order valence-electron chi connectivity index (χ1n) is 4.54. The van der Waals surface area contributed by atoms with Gasteiger partial charge in [-0.15, -0.1) is 0 Å². The molecule has 0 N–H and O–H groups in total. The van der Waals surface area contributed by atoms with E-state index in [-0.39, 0.29) is 7.04 Å². The molecule has 0 spiro atoms. The first kappa shape index (κ1) is 12.8. The molecule has 0 aromatic rings. The summed E-state index contributed by atoms with van der Waals surface area (Å²) in [5.41, 5.74) is 0. The molecule has 68 valence electrons. The van der Waals surface area contributed by atoms with E-state index in [4.69, 9.17) is 9.97 Å². The molecule has 1 saturated heterocycles. The predicted octanol–water partition coefficient (Wildman–Crippen LogP) is 1.46. The molecule has 5 heteroatoms. The monoisotopic (exact) mass is 194 g/mol. The van der Waals surface area contributed by atoms with Gasteiger partial charge in [0.05, 0.1) is 31.0 Å². The summed E-state index contributed by atoms with van der Waals surface area (Å²) in [5.74, 6) is 0. The zero-order valence-electron chi connectivity index (χ0n) is 8.20. The van der Waals surface area contributed by atoms with Gasteiger partial charge in [0.15, 0.2) is 0 Å². The van der Waals surface area contributed by atoms with Gasteiger partial charge in [0.1, 0.15) is 0 Å². The number of nitrogens with zero attached hydrogens (tertiary/aromatic N) is 1. The molecule has 1 fully saturated rings. The molecule has 0 aromatic heterocycles. The van der Waals surface area contributed by atoms with E-state index in [1.54, 1.807) is 0 Å². The van der Waals surface area contributed by atoms with Crippen molar-refractivity contribution in [1.82, 2.24) is 0 Å². The molecule has 0 bridgehead atoms. The molecule has 2 radical (unpaired) electrons. The van der Waals surface area contributed by atoms with Gasteiger partial charge in [-0.3, -0.25) is 0 Å². The second-order valence-electron chi connectivity index (χ2n) is 3.54. The van der Waals surface area contributed by atoms with Gasteiger partial charge in [0.2, 0.25) is 0 Å². The van der Waals surface area contributed by atoms with Crippen molar-refractivity contribution in [2.45, 2.75) is 19.3 Å². The SMILES string of the molecule is C[P+]1(CCC#N)CCCC1.[B]B=O. The Bertz CT molecular complexity index is 187. The Hall–Kier alpha value is -0.150. The number of hydrogen-bond donors (Lipinski definition) is 0. The van der Waals surface area contributed by atoms with Gasteiger partial charge in [-0.05, 0) is 12.8 Å². The minimum atomic E-state index is -0.559. The van der Waals surface area contributed by atoms with Gasteiger partial charge in [-0.25, -0.2) is 0 Å². The van der Waals surface area contributed by atoms with Gasteiger partial charge in [-0.1, -0.05) is 0 Å². The third-order valence-electron chi connectivity index (χ3n) is 2.41. The molecule has 1 heterocycles. The zero-order valence-corrected chi connectivity index (χ0v) is 9.09. The Morgan fingerprint density at radius 3 is 2.38 bits per heavy atom. The van der Waals surface area contributed by atoms with E-state index in [1.165, 1.54) is 31.3 Å². The molecular weight excluding hydrogens is 179 g/mol. The summed E-state index contributed by atoms with van der Waals surface area (Å²) < 4.78 is 8.58. The normalized spacial score (nSPS) is 17.8. The van der Waals surface area contributed by atoms with Gasteiger partial charge in [0, 0.05) is 13.9 Å². The van der Waals surface area contributed by atoms with Crippen molar-refractivity contribution in [2.75, 3.05) is 25.2 Å².